The summed E-state index contributed by atoms with van der Waals surface area (Å²) in [7, 11) is 4.48. The number of amides is 1. The lowest BCUT2D eigenvalue weighted by Gasteiger charge is -2.19. The molecule has 0 aliphatic carbocycles. The number of likely N-dealkylation sites (N-methyl/N-ethyl adjacent to an activating group) is 1. The number of halogens is 4. The Kier molecular flexibility index (Phi) is 6.98. The minimum atomic E-state index is -4.79. The summed E-state index contributed by atoms with van der Waals surface area (Å²) in [5, 5.41) is 4.20. The molecule has 170 valence electrons. The fourth-order valence-electron chi connectivity index (χ4n) is 3.20. The minimum absolute atomic E-state index is 0.147. The van der Waals surface area contributed by atoms with Gasteiger partial charge in [-0.2, -0.15) is 18.3 Å². The molecule has 1 aromatic heterocycles. The molecular weight excluding hydrogens is 447 g/mol. The van der Waals surface area contributed by atoms with Gasteiger partial charge in [-0.3, -0.25) is 4.79 Å². The summed E-state index contributed by atoms with van der Waals surface area (Å²) in [4.78, 5) is 14.1. The maximum atomic E-state index is 13.9. The fourth-order valence-corrected chi connectivity index (χ4v) is 3.32. The van der Waals surface area contributed by atoms with Crippen LogP contribution < -0.4 is 9.47 Å². The average Bonchev–Trinajstić information content (AvgIpc) is 3.23. The molecule has 0 radical (unpaired) electrons. The molecule has 10 heteroatoms. The van der Waals surface area contributed by atoms with E-state index in [0.29, 0.717) is 27.6 Å². The van der Waals surface area contributed by atoms with E-state index in [4.69, 9.17) is 21.1 Å². The van der Waals surface area contributed by atoms with Crippen LogP contribution in [0.3, 0.4) is 0 Å². The maximum absolute atomic E-state index is 13.9. The standard InChI is InChI=1S/C22H21ClF3N3O3/c1-28(11-10-14-4-9-18(31-2)19(12-14)32-3)21(30)17-13-27-29(20(17)22(24,25)26)16-7-5-15(23)6-8-16/h4-9,12-13H,10-11H2,1-3H3. The molecule has 0 atom stereocenters. The Balaban J connectivity index is 1.83. The summed E-state index contributed by atoms with van der Waals surface area (Å²) in [6, 6.07) is 11.0. The number of hydrogen-bond donors (Lipinski definition) is 0. The van der Waals surface area contributed by atoms with Crippen molar-refractivity contribution in [2.45, 2.75) is 12.6 Å². The first-order valence-corrected chi connectivity index (χ1v) is 9.91. The van der Waals surface area contributed by atoms with E-state index in [9.17, 15) is 18.0 Å². The lowest BCUT2D eigenvalue weighted by atomic mass is 10.1. The van der Waals surface area contributed by atoms with Gasteiger partial charge in [-0.15, -0.1) is 0 Å². The number of benzene rings is 2. The largest absolute Gasteiger partial charge is 0.493 e. The molecule has 6 nitrogen and oxygen atoms in total. The molecule has 0 saturated carbocycles. The van der Waals surface area contributed by atoms with Gasteiger partial charge in [-0.1, -0.05) is 17.7 Å². The van der Waals surface area contributed by atoms with Gasteiger partial charge in [0.2, 0.25) is 0 Å². The van der Waals surface area contributed by atoms with Crippen LogP contribution in [0.4, 0.5) is 13.2 Å². The Morgan fingerprint density at radius 3 is 2.34 bits per heavy atom. The van der Waals surface area contributed by atoms with E-state index in [1.807, 2.05) is 0 Å². The summed E-state index contributed by atoms with van der Waals surface area (Å²) in [5.74, 6) is 0.311. The third-order valence-corrected chi connectivity index (χ3v) is 5.12. The van der Waals surface area contributed by atoms with E-state index in [0.717, 1.165) is 11.8 Å². The van der Waals surface area contributed by atoms with Gasteiger partial charge in [0.25, 0.3) is 5.91 Å². The van der Waals surface area contributed by atoms with Crippen LogP contribution in [0.2, 0.25) is 5.02 Å². The van der Waals surface area contributed by atoms with Crippen molar-refractivity contribution in [3.05, 3.63) is 70.5 Å². The van der Waals surface area contributed by atoms with Crippen LogP contribution in [0.1, 0.15) is 21.6 Å². The highest BCUT2D eigenvalue weighted by Gasteiger charge is 2.41. The third-order valence-electron chi connectivity index (χ3n) is 4.87. The van der Waals surface area contributed by atoms with Gasteiger partial charge in [0.1, 0.15) is 0 Å². The Labute approximate surface area is 188 Å². The van der Waals surface area contributed by atoms with E-state index in [1.165, 1.54) is 50.4 Å². The molecule has 32 heavy (non-hydrogen) atoms. The van der Waals surface area contributed by atoms with Crippen molar-refractivity contribution in [1.82, 2.24) is 14.7 Å². The summed E-state index contributed by atoms with van der Waals surface area (Å²) in [6.07, 6.45) is -3.44. The third kappa shape index (κ3) is 4.99. The summed E-state index contributed by atoms with van der Waals surface area (Å²) in [6.45, 7) is 0.192. The highest BCUT2D eigenvalue weighted by atomic mass is 35.5. The van der Waals surface area contributed by atoms with Crippen molar-refractivity contribution in [1.29, 1.82) is 0 Å². The molecule has 2 aromatic carbocycles. The van der Waals surface area contributed by atoms with Gasteiger partial charge in [0, 0.05) is 18.6 Å². The maximum Gasteiger partial charge on any atom is 0.434 e. The zero-order valence-electron chi connectivity index (χ0n) is 17.6. The quantitative estimate of drug-likeness (QED) is 0.497. The smallest absolute Gasteiger partial charge is 0.434 e. The zero-order valence-corrected chi connectivity index (χ0v) is 18.4. The van der Waals surface area contributed by atoms with Crippen LogP contribution in [0, 0.1) is 0 Å². The predicted molar refractivity (Wildman–Crippen MR) is 114 cm³/mol. The van der Waals surface area contributed by atoms with E-state index >= 15 is 0 Å². The Bertz CT molecular complexity index is 1100. The predicted octanol–water partition coefficient (Wildman–Crippen LogP) is 4.88. The van der Waals surface area contributed by atoms with Crippen LogP contribution in [0.15, 0.2) is 48.7 Å². The highest BCUT2D eigenvalue weighted by Crippen LogP contribution is 2.34. The van der Waals surface area contributed by atoms with Gasteiger partial charge in [0.15, 0.2) is 17.2 Å². The average molecular weight is 468 g/mol. The molecule has 0 saturated heterocycles. The number of alkyl halides is 3. The van der Waals surface area contributed by atoms with Crippen molar-refractivity contribution in [3.63, 3.8) is 0 Å². The molecule has 1 heterocycles. The molecule has 0 aliphatic heterocycles. The van der Waals surface area contributed by atoms with Crippen LogP contribution in [0.5, 0.6) is 11.5 Å². The van der Waals surface area contributed by atoms with Crippen molar-refractivity contribution in [3.8, 4) is 17.2 Å². The SMILES string of the molecule is COc1ccc(CCN(C)C(=O)c2cnn(-c3ccc(Cl)cc3)c2C(F)(F)F)cc1OC. The molecular formula is C22H21ClF3N3O3. The Morgan fingerprint density at radius 1 is 1.09 bits per heavy atom. The monoisotopic (exact) mass is 467 g/mol. The molecule has 3 aromatic rings. The van der Waals surface area contributed by atoms with Crippen LogP contribution in [-0.2, 0) is 12.6 Å². The van der Waals surface area contributed by atoms with Gasteiger partial charge in [-0.25, -0.2) is 4.68 Å². The topological polar surface area (TPSA) is 56.6 Å². The van der Waals surface area contributed by atoms with Crippen molar-refractivity contribution >= 4 is 17.5 Å². The number of aromatic nitrogens is 2. The lowest BCUT2D eigenvalue weighted by Crippen LogP contribution is -2.30. The first-order chi connectivity index (χ1) is 15.2. The Morgan fingerprint density at radius 2 is 1.75 bits per heavy atom. The molecule has 0 N–H and O–H groups in total. The number of carbonyl (C=O) groups excluding carboxylic acids is 1. The highest BCUT2D eigenvalue weighted by molar-refractivity contribution is 6.30. The minimum Gasteiger partial charge on any atom is -0.493 e. The van der Waals surface area contributed by atoms with E-state index in [-0.39, 0.29) is 12.2 Å². The lowest BCUT2D eigenvalue weighted by molar-refractivity contribution is -0.143. The number of carbonyl (C=O) groups is 1. The van der Waals surface area contributed by atoms with Crippen LogP contribution in [-0.4, -0.2) is 48.4 Å². The van der Waals surface area contributed by atoms with E-state index < -0.39 is 23.3 Å². The first kappa shape index (κ1) is 23.5. The Hall–Kier alpha value is -3.20. The molecule has 3 rings (SSSR count). The van der Waals surface area contributed by atoms with Crippen LogP contribution in [0.25, 0.3) is 5.69 Å². The number of nitrogens with zero attached hydrogens (tertiary/aromatic N) is 3. The fraction of sp³-hybridized carbons (Fsp3) is 0.273. The summed E-state index contributed by atoms with van der Waals surface area (Å²) < 4.78 is 52.7. The van der Waals surface area contributed by atoms with Gasteiger partial charge in [0.05, 0.1) is 31.7 Å². The molecule has 0 spiro atoms. The van der Waals surface area contributed by atoms with E-state index in [2.05, 4.69) is 5.10 Å². The van der Waals surface area contributed by atoms with Crippen molar-refractivity contribution in [2.24, 2.45) is 0 Å². The second-order valence-electron chi connectivity index (χ2n) is 6.96. The van der Waals surface area contributed by atoms with Gasteiger partial charge >= 0.3 is 6.18 Å². The second kappa shape index (κ2) is 9.52. The number of methoxy groups -OCH3 is 2. The van der Waals surface area contributed by atoms with Crippen molar-refractivity contribution in [2.75, 3.05) is 27.8 Å². The zero-order chi connectivity index (χ0) is 23.5. The van der Waals surface area contributed by atoms with Crippen molar-refractivity contribution < 1.29 is 27.4 Å². The second-order valence-corrected chi connectivity index (χ2v) is 7.40. The number of rotatable bonds is 7. The number of hydrogen-bond acceptors (Lipinski definition) is 4. The normalized spacial score (nSPS) is 11.3. The van der Waals surface area contributed by atoms with Crippen LogP contribution >= 0.6 is 11.6 Å². The molecule has 0 aliphatic rings. The van der Waals surface area contributed by atoms with Gasteiger partial charge in [-0.05, 0) is 48.4 Å². The first-order valence-electron chi connectivity index (χ1n) is 9.53. The number of ether oxygens (including phenoxy) is 2. The molecule has 0 fully saturated rings. The molecule has 0 unspecified atom stereocenters. The molecule has 0 bridgehead atoms. The summed E-state index contributed by atoms with van der Waals surface area (Å²) >= 11 is 5.82. The molecule has 1 amide bonds. The van der Waals surface area contributed by atoms with E-state index in [1.54, 1.807) is 18.2 Å². The van der Waals surface area contributed by atoms with Gasteiger partial charge < -0.3 is 14.4 Å². The summed E-state index contributed by atoms with van der Waals surface area (Å²) in [5.41, 5.74) is -0.672.